The molecule has 0 saturated heterocycles. The summed E-state index contributed by atoms with van der Waals surface area (Å²) in [6, 6.07) is 16.3. The minimum Gasteiger partial charge on any atom is -0.316 e. The van der Waals surface area contributed by atoms with E-state index in [9.17, 15) is 9.18 Å². The molecule has 0 atom stereocenters. The van der Waals surface area contributed by atoms with Crippen LogP contribution in [0, 0.1) is 17.1 Å². The summed E-state index contributed by atoms with van der Waals surface area (Å²) in [6.07, 6.45) is 3.29. The van der Waals surface area contributed by atoms with Crippen LogP contribution in [0.3, 0.4) is 0 Å². The van der Waals surface area contributed by atoms with Crippen molar-refractivity contribution in [3.05, 3.63) is 88.5 Å². The van der Waals surface area contributed by atoms with E-state index in [2.05, 4.69) is 10.5 Å². The molecule has 2 aromatic carbocycles. The lowest BCUT2D eigenvalue weighted by Gasteiger charge is -2.06. The van der Waals surface area contributed by atoms with Crippen molar-refractivity contribution in [3.63, 3.8) is 0 Å². The van der Waals surface area contributed by atoms with E-state index in [1.54, 1.807) is 12.1 Å². The SMILES string of the molecule is N#Cc1ccc(C(=O)N/N=C/c2cccn2-c2ccc(Cl)cc2)c(F)c1. The molecule has 0 spiro atoms. The van der Waals surface area contributed by atoms with E-state index in [0.29, 0.717) is 10.7 Å². The number of halogens is 2. The molecule has 0 aliphatic rings. The quantitative estimate of drug-likeness (QED) is 0.562. The normalized spacial score (nSPS) is 10.7. The molecule has 0 bridgehead atoms. The first kappa shape index (κ1) is 17.4. The highest BCUT2D eigenvalue weighted by Gasteiger charge is 2.11. The summed E-state index contributed by atoms with van der Waals surface area (Å²) in [5.41, 5.74) is 3.83. The lowest BCUT2D eigenvalue weighted by molar-refractivity contribution is 0.0951. The number of nitrogens with one attached hydrogen (secondary N) is 1. The molecule has 0 aliphatic carbocycles. The third-order valence-electron chi connectivity index (χ3n) is 3.59. The molecule has 0 radical (unpaired) electrons. The van der Waals surface area contributed by atoms with E-state index in [4.69, 9.17) is 16.9 Å². The molecule has 5 nitrogen and oxygen atoms in total. The second kappa shape index (κ2) is 7.64. The zero-order valence-corrected chi connectivity index (χ0v) is 14.1. The molecular weight excluding hydrogens is 355 g/mol. The number of hydrazone groups is 1. The van der Waals surface area contributed by atoms with Crippen molar-refractivity contribution in [1.29, 1.82) is 5.26 Å². The molecule has 3 aromatic rings. The average Bonchev–Trinajstić information content (AvgIpc) is 3.10. The van der Waals surface area contributed by atoms with Crippen LogP contribution in [0.5, 0.6) is 0 Å². The average molecular weight is 367 g/mol. The molecule has 1 aromatic heterocycles. The van der Waals surface area contributed by atoms with Gasteiger partial charge in [-0.1, -0.05) is 11.6 Å². The van der Waals surface area contributed by atoms with Crippen molar-refractivity contribution < 1.29 is 9.18 Å². The highest BCUT2D eigenvalue weighted by Crippen LogP contribution is 2.15. The van der Waals surface area contributed by atoms with Gasteiger partial charge in [-0.3, -0.25) is 4.79 Å². The van der Waals surface area contributed by atoms with Gasteiger partial charge in [0.2, 0.25) is 0 Å². The summed E-state index contributed by atoms with van der Waals surface area (Å²) in [4.78, 5) is 12.0. The first-order valence-corrected chi connectivity index (χ1v) is 7.92. The molecule has 0 aliphatic heterocycles. The lowest BCUT2D eigenvalue weighted by Crippen LogP contribution is -2.19. The topological polar surface area (TPSA) is 70.2 Å². The Morgan fingerprint density at radius 3 is 2.69 bits per heavy atom. The predicted molar refractivity (Wildman–Crippen MR) is 97.0 cm³/mol. The maximum Gasteiger partial charge on any atom is 0.274 e. The van der Waals surface area contributed by atoms with Crippen LogP contribution in [-0.2, 0) is 0 Å². The number of nitriles is 1. The third kappa shape index (κ3) is 3.79. The minimum absolute atomic E-state index is 0.142. The van der Waals surface area contributed by atoms with Crippen LogP contribution in [-0.4, -0.2) is 16.7 Å². The molecule has 0 saturated carbocycles. The number of amides is 1. The highest BCUT2D eigenvalue weighted by atomic mass is 35.5. The fourth-order valence-corrected chi connectivity index (χ4v) is 2.45. The fraction of sp³-hybridized carbons (Fsp3) is 0. The Hall–Kier alpha value is -3.43. The van der Waals surface area contributed by atoms with Gasteiger partial charge in [0.05, 0.1) is 29.1 Å². The monoisotopic (exact) mass is 366 g/mol. The zero-order chi connectivity index (χ0) is 18.5. The first-order chi connectivity index (χ1) is 12.6. The zero-order valence-electron chi connectivity index (χ0n) is 13.4. The summed E-state index contributed by atoms with van der Waals surface area (Å²) in [7, 11) is 0. The van der Waals surface area contributed by atoms with Gasteiger partial charge in [-0.25, -0.2) is 9.82 Å². The van der Waals surface area contributed by atoms with E-state index in [1.807, 2.05) is 41.1 Å². The summed E-state index contributed by atoms with van der Waals surface area (Å²) >= 11 is 5.89. The van der Waals surface area contributed by atoms with E-state index in [1.165, 1.54) is 18.3 Å². The fourth-order valence-electron chi connectivity index (χ4n) is 2.32. The van der Waals surface area contributed by atoms with Crippen LogP contribution in [0.15, 0.2) is 65.9 Å². The molecule has 0 unspecified atom stereocenters. The number of hydrogen-bond acceptors (Lipinski definition) is 3. The molecule has 1 heterocycles. The molecule has 26 heavy (non-hydrogen) atoms. The lowest BCUT2D eigenvalue weighted by atomic mass is 10.1. The van der Waals surface area contributed by atoms with Crippen LogP contribution in [0.1, 0.15) is 21.6 Å². The van der Waals surface area contributed by atoms with Crippen molar-refractivity contribution in [2.45, 2.75) is 0 Å². The smallest absolute Gasteiger partial charge is 0.274 e. The Labute approximate surface area is 153 Å². The molecule has 1 amide bonds. The highest BCUT2D eigenvalue weighted by molar-refractivity contribution is 6.30. The van der Waals surface area contributed by atoms with Crippen molar-refractivity contribution in [2.24, 2.45) is 5.10 Å². The molecule has 128 valence electrons. The predicted octanol–water partition coefficient (Wildman–Crippen LogP) is 3.91. The van der Waals surface area contributed by atoms with Gasteiger partial charge in [0.15, 0.2) is 0 Å². The van der Waals surface area contributed by atoms with Crippen molar-refractivity contribution in [3.8, 4) is 11.8 Å². The maximum absolute atomic E-state index is 13.8. The van der Waals surface area contributed by atoms with Crippen molar-refractivity contribution in [2.75, 3.05) is 0 Å². The van der Waals surface area contributed by atoms with Crippen LogP contribution < -0.4 is 5.43 Å². The number of benzene rings is 2. The number of carbonyl (C=O) groups excluding carboxylic acids is 1. The minimum atomic E-state index is -0.777. The van der Waals surface area contributed by atoms with Crippen LogP contribution in [0.25, 0.3) is 5.69 Å². The van der Waals surface area contributed by atoms with Crippen LogP contribution >= 0.6 is 11.6 Å². The van der Waals surface area contributed by atoms with Crippen molar-refractivity contribution in [1.82, 2.24) is 9.99 Å². The van der Waals surface area contributed by atoms with Gasteiger partial charge in [-0.2, -0.15) is 10.4 Å². The Bertz CT molecular complexity index is 1020. The number of carbonyl (C=O) groups is 1. The number of aromatic nitrogens is 1. The number of nitrogens with zero attached hydrogens (tertiary/aromatic N) is 3. The second-order valence-electron chi connectivity index (χ2n) is 5.29. The molecular formula is C19H12ClFN4O. The van der Waals surface area contributed by atoms with Gasteiger partial charge < -0.3 is 4.57 Å². The van der Waals surface area contributed by atoms with Gasteiger partial charge in [-0.05, 0) is 54.6 Å². The van der Waals surface area contributed by atoms with Crippen molar-refractivity contribution >= 4 is 23.7 Å². The standard InChI is InChI=1S/C19H12ClFN4O/c20-14-4-6-15(7-5-14)25-9-1-2-16(25)12-23-24-19(26)17-8-3-13(11-22)10-18(17)21/h1-10,12H,(H,24,26)/b23-12+. The van der Waals surface area contributed by atoms with Crippen LogP contribution in [0.2, 0.25) is 5.02 Å². The van der Waals surface area contributed by atoms with Gasteiger partial charge in [0.1, 0.15) is 5.82 Å². The van der Waals surface area contributed by atoms with E-state index >= 15 is 0 Å². The largest absolute Gasteiger partial charge is 0.316 e. The Morgan fingerprint density at radius 1 is 1.23 bits per heavy atom. The van der Waals surface area contributed by atoms with E-state index < -0.39 is 11.7 Å². The second-order valence-corrected chi connectivity index (χ2v) is 5.72. The van der Waals surface area contributed by atoms with Crippen LogP contribution in [0.4, 0.5) is 4.39 Å². The van der Waals surface area contributed by atoms with Gasteiger partial charge in [-0.15, -0.1) is 0 Å². The summed E-state index contributed by atoms with van der Waals surface area (Å²) < 4.78 is 15.7. The van der Waals surface area contributed by atoms with Gasteiger partial charge >= 0.3 is 0 Å². The Kier molecular flexibility index (Phi) is 5.11. The summed E-state index contributed by atoms with van der Waals surface area (Å²) in [5.74, 6) is -1.48. The Balaban J connectivity index is 1.74. The summed E-state index contributed by atoms with van der Waals surface area (Å²) in [5, 5.41) is 13.2. The van der Waals surface area contributed by atoms with Gasteiger partial charge in [0.25, 0.3) is 5.91 Å². The molecule has 1 N–H and O–H groups in total. The molecule has 7 heteroatoms. The van der Waals surface area contributed by atoms with E-state index in [0.717, 1.165) is 11.8 Å². The maximum atomic E-state index is 13.8. The molecule has 3 rings (SSSR count). The third-order valence-corrected chi connectivity index (χ3v) is 3.84. The van der Waals surface area contributed by atoms with E-state index in [-0.39, 0.29) is 11.1 Å². The number of rotatable bonds is 4. The molecule has 0 fully saturated rings. The van der Waals surface area contributed by atoms with Gasteiger partial charge in [0, 0.05) is 16.9 Å². The summed E-state index contributed by atoms with van der Waals surface area (Å²) in [6.45, 7) is 0. The first-order valence-electron chi connectivity index (χ1n) is 7.55. The number of hydrogen-bond donors (Lipinski definition) is 1. The Morgan fingerprint density at radius 2 is 2.00 bits per heavy atom.